The summed E-state index contributed by atoms with van der Waals surface area (Å²) in [7, 11) is 0. The lowest BCUT2D eigenvalue weighted by molar-refractivity contribution is -0.00389. The van der Waals surface area contributed by atoms with Crippen LogP contribution in [-0.4, -0.2) is 60.0 Å². The van der Waals surface area contributed by atoms with Crippen molar-refractivity contribution < 1.29 is 9.47 Å². The van der Waals surface area contributed by atoms with Crippen molar-refractivity contribution in [3.8, 4) is 0 Å². The number of aromatic amines is 1. The minimum atomic E-state index is -0.346. The van der Waals surface area contributed by atoms with E-state index in [0.29, 0.717) is 43.2 Å². The molecule has 0 bridgehead atoms. The zero-order valence-electron chi connectivity index (χ0n) is 14.1. The number of morpholine rings is 1. The number of hydrogen-bond acceptors (Lipinski definition) is 5. The molecule has 134 valence electrons. The van der Waals surface area contributed by atoms with Gasteiger partial charge in [-0.2, -0.15) is 0 Å². The molecule has 0 unspecified atom stereocenters. The van der Waals surface area contributed by atoms with Crippen LogP contribution < -0.4 is 11.2 Å². The summed E-state index contributed by atoms with van der Waals surface area (Å²) in [4.78, 5) is 30.5. The van der Waals surface area contributed by atoms with E-state index in [9.17, 15) is 9.59 Å². The highest BCUT2D eigenvalue weighted by Crippen LogP contribution is 2.23. The Bertz CT molecular complexity index is 847. The second-order valence-corrected chi connectivity index (χ2v) is 6.73. The highest BCUT2D eigenvalue weighted by molar-refractivity contribution is 5.76. The molecule has 1 N–H and O–H groups in total. The van der Waals surface area contributed by atoms with Crippen molar-refractivity contribution in [2.45, 2.75) is 19.0 Å². The van der Waals surface area contributed by atoms with Crippen LogP contribution in [0.2, 0.25) is 0 Å². The predicted molar refractivity (Wildman–Crippen MR) is 93.9 cm³/mol. The van der Waals surface area contributed by atoms with Gasteiger partial charge >= 0.3 is 5.69 Å². The third-order valence-corrected chi connectivity index (χ3v) is 5.28. The van der Waals surface area contributed by atoms with E-state index in [1.54, 1.807) is 12.1 Å². The van der Waals surface area contributed by atoms with Crippen molar-refractivity contribution >= 4 is 10.9 Å². The molecule has 0 radical (unpaired) electrons. The van der Waals surface area contributed by atoms with Crippen LogP contribution >= 0.6 is 0 Å². The summed E-state index contributed by atoms with van der Waals surface area (Å²) < 4.78 is 12.4. The SMILES string of the molecule is O=c1[nH]c2ccccc2c(=O)n1C[C@H]([C@@H]1CCOC1)N1CCOCC1. The highest BCUT2D eigenvalue weighted by Gasteiger charge is 2.32. The maximum absolute atomic E-state index is 12.9. The van der Waals surface area contributed by atoms with Gasteiger partial charge in [-0.25, -0.2) is 4.79 Å². The summed E-state index contributed by atoms with van der Waals surface area (Å²) in [5.41, 5.74) is 0.0123. The number of rotatable bonds is 4. The molecule has 4 rings (SSSR count). The minimum Gasteiger partial charge on any atom is -0.381 e. The monoisotopic (exact) mass is 345 g/mol. The molecule has 0 saturated carbocycles. The van der Waals surface area contributed by atoms with Crippen LogP contribution in [0.1, 0.15) is 6.42 Å². The Morgan fingerprint density at radius 3 is 2.68 bits per heavy atom. The van der Waals surface area contributed by atoms with E-state index in [4.69, 9.17) is 9.47 Å². The van der Waals surface area contributed by atoms with Crippen molar-refractivity contribution in [3.63, 3.8) is 0 Å². The molecule has 0 amide bonds. The first kappa shape index (κ1) is 16.5. The first-order chi connectivity index (χ1) is 12.2. The smallest absolute Gasteiger partial charge is 0.328 e. The van der Waals surface area contributed by atoms with Crippen molar-refractivity contribution in [2.75, 3.05) is 39.5 Å². The number of nitrogens with one attached hydrogen (secondary N) is 1. The third kappa shape index (κ3) is 3.27. The molecule has 7 heteroatoms. The van der Waals surface area contributed by atoms with Gasteiger partial charge in [0.25, 0.3) is 5.56 Å². The molecular formula is C18H23N3O4. The van der Waals surface area contributed by atoms with E-state index in [2.05, 4.69) is 9.88 Å². The summed E-state index contributed by atoms with van der Waals surface area (Å²) in [6.45, 7) is 4.83. The van der Waals surface area contributed by atoms with Gasteiger partial charge in [-0.3, -0.25) is 14.3 Å². The summed E-state index contributed by atoms with van der Waals surface area (Å²) in [5, 5.41) is 0.547. The van der Waals surface area contributed by atoms with Gasteiger partial charge in [-0.15, -0.1) is 0 Å². The van der Waals surface area contributed by atoms with Gasteiger partial charge in [0, 0.05) is 38.2 Å². The Morgan fingerprint density at radius 1 is 1.12 bits per heavy atom. The zero-order chi connectivity index (χ0) is 17.2. The molecule has 1 aromatic heterocycles. The van der Waals surface area contributed by atoms with Crippen LogP contribution in [0.15, 0.2) is 33.9 Å². The quantitative estimate of drug-likeness (QED) is 0.869. The number of nitrogens with zero attached hydrogens (tertiary/aromatic N) is 2. The molecule has 1 aromatic carbocycles. The van der Waals surface area contributed by atoms with Gasteiger partial charge < -0.3 is 14.5 Å². The number of ether oxygens (including phenoxy) is 2. The van der Waals surface area contributed by atoms with E-state index in [1.807, 2.05) is 12.1 Å². The van der Waals surface area contributed by atoms with Gasteiger partial charge in [0.05, 0.1) is 30.7 Å². The average molecular weight is 345 g/mol. The van der Waals surface area contributed by atoms with E-state index < -0.39 is 0 Å². The normalized spacial score (nSPS) is 23.1. The van der Waals surface area contributed by atoms with Crippen LogP contribution in [0.25, 0.3) is 10.9 Å². The fourth-order valence-corrected chi connectivity index (χ4v) is 3.88. The Hall–Kier alpha value is -1.96. The number of aromatic nitrogens is 2. The van der Waals surface area contributed by atoms with Gasteiger partial charge in [-0.1, -0.05) is 12.1 Å². The molecule has 0 spiro atoms. The summed E-state index contributed by atoms with van der Waals surface area (Å²) in [6.07, 6.45) is 0.961. The van der Waals surface area contributed by atoms with Gasteiger partial charge in [0.15, 0.2) is 0 Å². The minimum absolute atomic E-state index is 0.103. The van der Waals surface area contributed by atoms with E-state index >= 15 is 0 Å². The summed E-state index contributed by atoms with van der Waals surface area (Å²) in [6, 6.07) is 7.25. The molecule has 0 aliphatic carbocycles. The molecule has 2 saturated heterocycles. The topological polar surface area (TPSA) is 76.6 Å². The lowest BCUT2D eigenvalue weighted by Gasteiger charge is -2.37. The van der Waals surface area contributed by atoms with Gasteiger partial charge in [0.2, 0.25) is 0 Å². The third-order valence-electron chi connectivity index (χ3n) is 5.28. The van der Waals surface area contributed by atoms with Crippen LogP contribution in [-0.2, 0) is 16.0 Å². The lowest BCUT2D eigenvalue weighted by atomic mass is 9.96. The Balaban J connectivity index is 1.70. The molecule has 7 nitrogen and oxygen atoms in total. The molecule has 2 aliphatic rings. The summed E-state index contributed by atoms with van der Waals surface area (Å²) in [5.74, 6) is 0.330. The fraction of sp³-hybridized carbons (Fsp3) is 0.556. The van der Waals surface area contributed by atoms with Gasteiger partial charge in [-0.05, 0) is 18.6 Å². The summed E-state index contributed by atoms with van der Waals surface area (Å²) >= 11 is 0. The molecule has 2 aliphatic heterocycles. The molecule has 2 atom stereocenters. The molecule has 2 aromatic rings. The van der Waals surface area contributed by atoms with E-state index in [0.717, 1.165) is 26.1 Å². The lowest BCUT2D eigenvalue weighted by Crippen LogP contribution is -2.52. The second kappa shape index (κ2) is 7.11. The first-order valence-corrected chi connectivity index (χ1v) is 8.85. The number of hydrogen-bond donors (Lipinski definition) is 1. The number of fused-ring (bicyclic) bond motifs is 1. The largest absolute Gasteiger partial charge is 0.381 e. The maximum atomic E-state index is 12.9. The molecular weight excluding hydrogens is 322 g/mol. The maximum Gasteiger partial charge on any atom is 0.328 e. The highest BCUT2D eigenvalue weighted by atomic mass is 16.5. The van der Waals surface area contributed by atoms with Crippen molar-refractivity contribution in [1.82, 2.24) is 14.5 Å². The van der Waals surface area contributed by atoms with Crippen LogP contribution in [0, 0.1) is 5.92 Å². The van der Waals surface area contributed by atoms with E-state index in [-0.39, 0.29) is 17.3 Å². The molecule has 25 heavy (non-hydrogen) atoms. The molecule has 2 fully saturated rings. The van der Waals surface area contributed by atoms with Crippen LogP contribution in [0.5, 0.6) is 0 Å². The predicted octanol–water partition coefficient (Wildman–Crippen LogP) is 0.427. The standard InChI is InChI=1S/C18H23N3O4/c22-17-14-3-1-2-4-15(14)19-18(23)21(17)11-16(13-5-8-25-12-13)20-6-9-24-10-7-20/h1-4,13,16H,5-12H2,(H,19,23)/t13-,16-/m1/s1. The first-order valence-electron chi connectivity index (χ1n) is 8.85. The number of H-pyrrole nitrogens is 1. The van der Waals surface area contributed by atoms with Crippen molar-refractivity contribution in [3.05, 3.63) is 45.1 Å². The fourth-order valence-electron chi connectivity index (χ4n) is 3.88. The van der Waals surface area contributed by atoms with E-state index in [1.165, 1.54) is 4.57 Å². The zero-order valence-corrected chi connectivity index (χ0v) is 14.1. The van der Waals surface area contributed by atoms with Gasteiger partial charge in [0.1, 0.15) is 0 Å². The Labute approximate surface area is 145 Å². The number of benzene rings is 1. The van der Waals surface area contributed by atoms with Crippen molar-refractivity contribution in [2.24, 2.45) is 5.92 Å². The average Bonchev–Trinajstić information content (AvgIpc) is 3.17. The van der Waals surface area contributed by atoms with Crippen LogP contribution in [0.3, 0.4) is 0 Å². The van der Waals surface area contributed by atoms with Crippen molar-refractivity contribution in [1.29, 1.82) is 0 Å². The second-order valence-electron chi connectivity index (χ2n) is 6.73. The van der Waals surface area contributed by atoms with Crippen LogP contribution in [0.4, 0.5) is 0 Å². The Morgan fingerprint density at radius 2 is 1.92 bits per heavy atom. The molecule has 3 heterocycles. The number of para-hydroxylation sites is 1. The Kier molecular flexibility index (Phi) is 4.70.